The number of rotatable bonds is 3. The van der Waals surface area contributed by atoms with Gasteiger partial charge in [0.15, 0.2) is 0 Å². The molecule has 0 radical (unpaired) electrons. The van der Waals surface area contributed by atoms with E-state index in [4.69, 9.17) is 4.74 Å². The Hall–Kier alpha value is -1.33. The second-order valence-electron chi connectivity index (χ2n) is 3.03. The van der Waals surface area contributed by atoms with E-state index in [2.05, 4.69) is 0 Å². The van der Waals surface area contributed by atoms with Crippen molar-refractivity contribution in [3.8, 4) is 5.75 Å². The molecule has 0 amide bonds. The van der Waals surface area contributed by atoms with E-state index in [0.717, 1.165) is 12.1 Å². The molecule has 0 atom stereocenters. The van der Waals surface area contributed by atoms with Crippen molar-refractivity contribution >= 4 is 0 Å². The molecule has 0 aromatic heterocycles. The Bertz CT molecular complexity index is 358. The van der Waals surface area contributed by atoms with E-state index in [1.807, 2.05) is 0 Å². The van der Waals surface area contributed by atoms with Gasteiger partial charge in [-0.1, -0.05) is 12.1 Å². The SMILES string of the molecule is CCOc1cccc(C(F)(F)C(F)(F)F)c1. The van der Waals surface area contributed by atoms with Crippen LogP contribution in [0.2, 0.25) is 0 Å². The lowest BCUT2D eigenvalue weighted by Gasteiger charge is -2.20. The van der Waals surface area contributed by atoms with E-state index in [1.54, 1.807) is 6.92 Å². The standard InChI is InChI=1S/C10H9F5O/c1-2-16-8-5-3-4-7(6-8)9(11,12)10(13,14)15/h3-6H,2H2,1H3. The summed E-state index contributed by atoms with van der Waals surface area (Å²) >= 11 is 0. The summed E-state index contributed by atoms with van der Waals surface area (Å²) in [6, 6.07) is 3.83. The Balaban J connectivity index is 3.08. The number of benzene rings is 1. The van der Waals surface area contributed by atoms with Gasteiger partial charge in [0.25, 0.3) is 0 Å². The van der Waals surface area contributed by atoms with Crippen molar-refractivity contribution < 1.29 is 26.7 Å². The van der Waals surface area contributed by atoms with Gasteiger partial charge in [-0.3, -0.25) is 0 Å². The fourth-order valence-corrected chi connectivity index (χ4v) is 1.11. The third-order valence-electron chi connectivity index (χ3n) is 1.86. The fraction of sp³-hybridized carbons (Fsp3) is 0.400. The molecule has 16 heavy (non-hydrogen) atoms. The second kappa shape index (κ2) is 4.27. The molecule has 1 rings (SSSR count). The second-order valence-corrected chi connectivity index (χ2v) is 3.03. The molecule has 0 aliphatic rings. The highest BCUT2D eigenvalue weighted by atomic mass is 19.4. The summed E-state index contributed by atoms with van der Waals surface area (Å²) in [5, 5.41) is 0. The highest BCUT2D eigenvalue weighted by Crippen LogP contribution is 2.44. The van der Waals surface area contributed by atoms with Crippen LogP contribution < -0.4 is 4.74 Å². The molecule has 0 N–H and O–H groups in total. The van der Waals surface area contributed by atoms with Crippen LogP contribution in [-0.4, -0.2) is 12.8 Å². The topological polar surface area (TPSA) is 9.23 Å². The van der Waals surface area contributed by atoms with Crippen molar-refractivity contribution in [1.82, 2.24) is 0 Å². The van der Waals surface area contributed by atoms with Crippen LogP contribution in [-0.2, 0) is 5.92 Å². The van der Waals surface area contributed by atoms with Crippen molar-refractivity contribution in [1.29, 1.82) is 0 Å². The molecule has 1 aromatic carbocycles. The smallest absolute Gasteiger partial charge is 0.458 e. The number of hydrogen-bond donors (Lipinski definition) is 0. The number of ether oxygens (including phenoxy) is 1. The van der Waals surface area contributed by atoms with Crippen molar-refractivity contribution in [2.24, 2.45) is 0 Å². The fourth-order valence-electron chi connectivity index (χ4n) is 1.11. The molecule has 90 valence electrons. The van der Waals surface area contributed by atoms with Gasteiger partial charge in [-0.25, -0.2) is 0 Å². The summed E-state index contributed by atoms with van der Waals surface area (Å²) in [5.41, 5.74) is -1.12. The molecular weight excluding hydrogens is 231 g/mol. The largest absolute Gasteiger partial charge is 0.494 e. The molecule has 1 aromatic rings. The first-order valence-corrected chi connectivity index (χ1v) is 4.47. The van der Waals surface area contributed by atoms with Gasteiger partial charge < -0.3 is 4.74 Å². The third kappa shape index (κ3) is 2.43. The maximum atomic E-state index is 12.9. The van der Waals surface area contributed by atoms with Crippen molar-refractivity contribution in [2.75, 3.05) is 6.61 Å². The highest BCUT2D eigenvalue weighted by molar-refractivity contribution is 5.32. The van der Waals surface area contributed by atoms with Gasteiger partial charge >= 0.3 is 12.1 Å². The minimum atomic E-state index is -5.60. The van der Waals surface area contributed by atoms with E-state index in [9.17, 15) is 22.0 Å². The van der Waals surface area contributed by atoms with Crippen LogP contribution in [0.3, 0.4) is 0 Å². The molecule has 0 heterocycles. The predicted molar refractivity (Wildman–Crippen MR) is 47.6 cm³/mol. The summed E-state index contributed by atoms with van der Waals surface area (Å²) < 4.78 is 66.8. The van der Waals surface area contributed by atoms with Crippen LogP contribution in [0.5, 0.6) is 5.75 Å². The molecule has 0 bridgehead atoms. The van der Waals surface area contributed by atoms with Gasteiger partial charge in [-0.2, -0.15) is 22.0 Å². The molecule has 0 saturated carbocycles. The van der Waals surface area contributed by atoms with E-state index in [-0.39, 0.29) is 12.4 Å². The first-order chi connectivity index (χ1) is 7.29. The average molecular weight is 240 g/mol. The monoisotopic (exact) mass is 240 g/mol. The molecule has 1 nitrogen and oxygen atoms in total. The van der Waals surface area contributed by atoms with Gasteiger partial charge in [0, 0.05) is 5.56 Å². The normalized spacial score (nSPS) is 12.6. The maximum absolute atomic E-state index is 12.9. The Labute approximate surface area is 88.8 Å². The van der Waals surface area contributed by atoms with Crippen LogP contribution in [0.15, 0.2) is 24.3 Å². The summed E-state index contributed by atoms with van der Waals surface area (Å²) in [6.45, 7) is 1.80. The maximum Gasteiger partial charge on any atom is 0.458 e. The van der Waals surface area contributed by atoms with Gasteiger partial charge in [0.2, 0.25) is 0 Å². The lowest BCUT2D eigenvalue weighted by molar-refractivity contribution is -0.289. The summed E-state index contributed by atoms with van der Waals surface area (Å²) in [5.74, 6) is -4.87. The molecule has 6 heteroatoms. The molecule has 0 unspecified atom stereocenters. The molecule has 0 fully saturated rings. The van der Waals surface area contributed by atoms with Crippen molar-refractivity contribution in [3.63, 3.8) is 0 Å². The van der Waals surface area contributed by atoms with Gasteiger partial charge in [0.05, 0.1) is 6.61 Å². The molecule has 0 spiro atoms. The third-order valence-corrected chi connectivity index (χ3v) is 1.86. The van der Waals surface area contributed by atoms with Crippen LogP contribution in [0.1, 0.15) is 12.5 Å². The Morgan fingerprint density at radius 1 is 1.12 bits per heavy atom. The van der Waals surface area contributed by atoms with Crippen LogP contribution >= 0.6 is 0 Å². The van der Waals surface area contributed by atoms with E-state index in [1.165, 1.54) is 6.07 Å². The molecular formula is C10H9F5O. The molecule has 0 aliphatic carbocycles. The van der Waals surface area contributed by atoms with E-state index < -0.39 is 17.7 Å². The predicted octanol–water partition coefficient (Wildman–Crippen LogP) is 3.74. The number of hydrogen-bond acceptors (Lipinski definition) is 1. The zero-order chi connectivity index (χ0) is 12.4. The number of halogens is 5. The summed E-state index contributed by atoms with van der Waals surface area (Å²) in [6.07, 6.45) is -5.60. The first kappa shape index (κ1) is 12.7. The Kier molecular flexibility index (Phi) is 3.40. The molecule has 0 saturated heterocycles. The quantitative estimate of drug-likeness (QED) is 0.731. The molecule has 0 aliphatic heterocycles. The zero-order valence-electron chi connectivity index (χ0n) is 8.31. The van der Waals surface area contributed by atoms with E-state index >= 15 is 0 Å². The van der Waals surface area contributed by atoms with Crippen molar-refractivity contribution in [2.45, 2.75) is 19.0 Å². The van der Waals surface area contributed by atoms with Gasteiger partial charge in [-0.15, -0.1) is 0 Å². The van der Waals surface area contributed by atoms with Crippen molar-refractivity contribution in [3.05, 3.63) is 29.8 Å². The van der Waals surface area contributed by atoms with Crippen LogP contribution in [0, 0.1) is 0 Å². The zero-order valence-corrected chi connectivity index (χ0v) is 8.31. The lowest BCUT2D eigenvalue weighted by atomic mass is 10.1. The summed E-state index contributed by atoms with van der Waals surface area (Å²) in [7, 11) is 0. The Morgan fingerprint density at radius 2 is 1.75 bits per heavy atom. The summed E-state index contributed by atoms with van der Waals surface area (Å²) in [4.78, 5) is 0. The van der Waals surface area contributed by atoms with Crippen LogP contribution in [0.25, 0.3) is 0 Å². The van der Waals surface area contributed by atoms with Crippen LogP contribution in [0.4, 0.5) is 22.0 Å². The Morgan fingerprint density at radius 3 is 2.25 bits per heavy atom. The van der Waals surface area contributed by atoms with E-state index in [0.29, 0.717) is 6.07 Å². The van der Waals surface area contributed by atoms with Gasteiger partial charge in [-0.05, 0) is 19.1 Å². The lowest BCUT2D eigenvalue weighted by Crippen LogP contribution is -2.33. The minimum Gasteiger partial charge on any atom is -0.494 e. The average Bonchev–Trinajstić information content (AvgIpc) is 2.17. The first-order valence-electron chi connectivity index (χ1n) is 4.47. The minimum absolute atomic E-state index is 0.0103. The highest BCUT2D eigenvalue weighted by Gasteiger charge is 2.58. The van der Waals surface area contributed by atoms with Gasteiger partial charge in [0.1, 0.15) is 5.75 Å². The number of alkyl halides is 5.